The molecule has 0 bridgehead atoms. The van der Waals surface area contributed by atoms with Gasteiger partial charge in [0.1, 0.15) is 12.4 Å². The second-order valence-corrected chi connectivity index (χ2v) is 6.21. The fraction of sp³-hybridized carbons (Fsp3) is 0.316. The topological polar surface area (TPSA) is 78.3 Å². The molecule has 7 nitrogen and oxygen atoms in total. The second kappa shape index (κ2) is 7.23. The number of methoxy groups -OCH3 is 1. The van der Waals surface area contributed by atoms with E-state index in [0.717, 1.165) is 29.1 Å². The van der Waals surface area contributed by atoms with Crippen molar-refractivity contribution in [1.29, 1.82) is 0 Å². The molecule has 0 aliphatic carbocycles. The summed E-state index contributed by atoms with van der Waals surface area (Å²) in [4.78, 5) is 20.7. The zero-order chi connectivity index (χ0) is 17.9. The molecule has 3 heterocycles. The number of nitrogens with zero attached hydrogens (tertiary/aromatic N) is 3. The molecule has 7 heteroatoms. The summed E-state index contributed by atoms with van der Waals surface area (Å²) in [5.41, 5.74) is 3.28. The molecule has 4 rings (SSSR count). The predicted molar refractivity (Wildman–Crippen MR) is 95.7 cm³/mol. The van der Waals surface area contributed by atoms with Crippen LogP contribution in [0.3, 0.4) is 0 Å². The predicted octanol–water partition coefficient (Wildman–Crippen LogP) is 2.08. The lowest BCUT2D eigenvalue weighted by molar-refractivity contribution is 0.0563. The lowest BCUT2D eigenvalue weighted by atomic mass is 10.2. The molecule has 0 spiro atoms. The Morgan fingerprint density at radius 1 is 1.38 bits per heavy atom. The van der Waals surface area contributed by atoms with Crippen LogP contribution in [0.5, 0.6) is 0 Å². The Morgan fingerprint density at radius 3 is 3.12 bits per heavy atom. The van der Waals surface area contributed by atoms with Crippen LogP contribution in [-0.4, -0.2) is 40.8 Å². The van der Waals surface area contributed by atoms with E-state index in [1.807, 2.05) is 24.3 Å². The smallest absolute Gasteiger partial charge is 0.337 e. The third-order valence-corrected chi connectivity index (χ3v) is 4.50. The third kappa shape index (κ3) is 3.18. The minimum Gasteiger partial charge on any atom is -0.465 e. The zero-order valence-electron chi connectivity index (χ0n) is 14.5. The molecule has 1 atom stereocenters. The van der Waals surface area contributed by atoms with Crippen molar-refractivity contribution < 1.29 is 14.3 Å². The van der Waals surface area contributed by atoms with E-state index < -0.39 is 0 Å². The molecule has 1 N–H and O–H groups in total. The van der Waals surface area contributed by atoms with E-state index in [9.17, 15) is 4.79 Å². The fourth-order valence-electron chi connectivity index (χ4n) is 3.28. The van der Waals surface area contributed by atoms with Gasteiger partial charge in [-0.1, -0.05) is 6.07 Å². The van der Waals surface area contributed by atoms with Crippen molar-refractivity contribution in [3.05, 3.63) is 59.7 Å². The molecule has 0 unspecified atom stereocenters. The summed E-state index contributed by atoms with van der Waals surface area (Å²) in [5, 5.41) is 3.44. The van der Waals surface area contributed by atoms with E-state index in [2.05, 4.69) is 19.9 Å². The summed E-state index contributed by atoms with van der Waals surface area (Å²) in [6.45, 7) is 2.53. The van der Waals surface area contributed by atoms with Gasteiger partial charge in [-0.2, -0.15) is 0 Å². The Hall–Kier alpha value is -2.77. The molecule has 134 valence electrons. The Balaban J connectivity index is 1.55. The standard InChI is InChI=1S/C19H20N4O3/c1-25-19(24)13-5-6-17-16(8-13)22-18-12-26-11-15(23(17)18)10-20-9-14-4-2-3-7-21-14/h2-8,15,20H,9-12H2,1H3/t15-/m0/s1. The number of carbonyl (C=O) groups excluding carboxylic acids is 1. The van der Waals surface area contributed by atoms with Gasteiger partial charge in [0, 0.05) is 19.3 Å². The minimum atomic E-state index is -0.359. The Bertz CT molecular complexity index is 923. The van der Waals surface area contributed by atoms with Gasteiger partial charge in [-0.05, 0) is 30.3 Å². The lowest BCUT2D eigenvalue weighted by Gasteiger charge is -2.26. The molecular weight excluding hydrogens is 332 g/mol. The second-order valence-electron chi connectivity index (χ2n) is 6.21. The van der Waals surface area contributed by atoms with Crippen molar-refractivity contribution in [2.24, 2.45) is 0 Å². The van der Waals surface area contributed by atoms with Gasteiger partial charge in [-0.15, -0.1) is 0 Å². The highest BCUT2D eigenvalue weighted by Gasteiger charge is 2.24. The number of hydrogen-bond acceptors (Lipinski definition) is 6. The number of rotatable bonds is 5. The number of ether oxygens (including phenoxy) is 2. The normalized spacial score (nSPS) is 16.4. The van der Waals surface area contributed by atoms with Gasteiger partial charge in [0.2, 0.25) is 0 Å². The first-order valence-corrected chi connectivity index (χ1v) is 8.54. The highest BCUT2D eigenvalue weighted by atomic mass is 16.5. The van der Waals surface area contributed by atoms with Gasteiger partial charge < -0.3 is 19.4 Å². The molecule has 1 aromatic carbocycles. The summed E-state index contributed by atoms with van der Waals surface area (Å²) >= 11 is 0. The number of pyridine rings is 1. The summed E-state index contributed by atoms with van der Waals surface area (Å²) in [6.07, 6.45) is 1.79. The monoisotopic (exact) mass is 352 g/mol. The van der Waals surface area contributed by atoms with Gasteiger partial charge in [0.05, 0.1) is 42.0 Å². The molecule has 0 fully saturated rings. The van der Waals surface area contributed by atoms with Crippen LogP contribution in [0.1, 0.15) is 27.9 Å². The van der Waals surface area contributed by atoms with E-state index in [4.69, 9.17) is 9.47 Å². The zero-order valence-corrected chi connectivity index (χ0v) is 14.5. The summed E-state index contributed by atoms with van der Waals surface area (Å²) in [6, 6.07) is 11.5. The Kier molecular flexibility index (Phi) is 4.64. The summed E-state index contributed by atoms with van der Waals surface area (Å²) in [5.74, 6) is 0.514. The third-order valence-electron chi connectivity index (χ3n) is 4.50. The Labute approximate surface area is 151 Å². The van der Waals surface area contributed by atoms with E-state index in [1.54, 1.807) is 18.3 Å². The van der Waals surface area contributed by atoms with Crippen molar-refractivity contribution >= 4 is 17.0 Å². The van der Waals surface area contributed by atoms with Crippen LogP contribution in [0.25, 0.3) is 11.0 Å². The number of carbonyl (C=O) groups is 1. The number of nitrogens with one attached hydrogen (secondary N) is 1. The maximum absolute atomic E-state index is 11.7. The molecule has 2 aromatic heterocycles. The van der Waals surface area contributed by atoms with Crippen LogP contribution in [0.4, 0.5) is 0 Å². The van der Waals surface area contributed by atoms with Crippen molar-refractivity contribution in [2.45, 2.75) is 19.2 Å². The highest BCUT2D eigenvalue weighted by molar-refractivity contribution is 5.93. The molecule has 0 saturated carbocycles. The van der Waals surface area contributed by atoms with E-state index in [0.29, 0.717) is 25.3 Å². The fourth-order valence-corrected chi connectivity index (χ4v) is 3.28. The number of imidazole rings is 1. The molecular formula is C19H20N4O3. The van der Waals surface area contributed by atoms with Crippen LogP contribution in [0, 0.1) is 0 Å². The van der Waals surface area contributed by atoms with E-state index >= 15 is 0 Å². The molecule has 1 aliphatic heterocycles. The molecule has 1 aliphatic rings. The molecule has 26 heavy (non-hydrogen) atoms. The van der Waals surface area contributed by atoms with Crippen LogP contribution in [0.15, 0.2) is 42.6 Å². The molecule has 0 radical (unpaired) electrons. The SMILES string of the molecule is COC(=O)c1ccc2c(c1)nc1n2[C@@H](CNCc2ccccn2)COC1. The number of esters is 1. The molecule has 0 amide bonds. The Morgan fingerprint density at radius 2 is 2.31 bits per heavy atom. The number of aromatic nitrogens is 3. The maximum Gasteiger partial charge on any atom is 0.337 e. The van der Waals surface area contributed by atoms with Gasteiger partial charge in [-0.25, -0.2) is 9.78 Å². The van der Waals surface area contributed by atoms with Crippen LogP contribution < -0.4 is 5.32 Å². The van der Waals surface area contributed by atoms with Crippen LogP contribution >= 0.6 is 0 Å². The van der Waals surface area contributed by atoms with E-state index in [-0.39, 0.29) is 12.0 Å². The van der Waals surface area contributed by atoms with Crippen molar-refractivity contribution in [3.63, 3.8) is 0 Å². The number of fused-ring (bicyclic) bond motifs is 3. The van der Waals surface area contributed by atoms with Crippen molar-refractivity contribution in [1.82, 2.24) is 19.9 Å². The van der Waals surface area contributed by atoms with Crippen LogP contribution in [-0.2, 0) is 22.6 Å². The number of benzene rings is 1. The average molecular weight is 352 g/mol. The van der Waals surface area contributed by atoms with Gasteiger partial charge in [0.15, 0.2) is 0 Å². The largest absolute Gasteiger partial charge is 0.465 e. The average Bonchev–Trinajstić information content (AvgIpc) is 3.06. The quantitative estimate of drug-likeness (QED) is 0.709. The first-order chi connectivity index (χ1) is 12.8. The van der Waals surface area contributed by atoms with Gasteiger partial charge in [-0.3, -0.25) is 4.98 Å². The molecule has 0 saturated heterocycles. The van der Waals surface area contributed by atoms with Crippen molar-refractivity contribution in [2.75, 3.05) is 20.3 Å². The summed E-state index contributed by atoms with van der Waals surface area (Å²) in [7, 11) is 1.38. The molecule has 3 aromatic rings. The van der Waals surface area contributed by atoms with Crippen LogP contribution in [0.2, 0.25) is 0 Å². The van der Waals surface area contributed by atoms with Gasteiger partial charge >= 0.3 is 5.97 Å². The first kappa shape index (κ1) is 16.7. The van der Waals surface area contributed by atoms with Gasteiger partial charge in [0.25, 0.3) is 0 Å². The summed E-state index contributed by atoms with van der Waals surface area (Å²) < 4.78 is 12.7. The first-order valence-electron chi connectivity index (χ1n) is 8.54. The maximum atomic E-state index is 11.7. The minimum absolute atomic E-state index is 0.136. The number of hydrogen-bond donors (Lipinski definition) is 1. The van der Waals surface area contributed by atoms with Crippen molar-refractivity contribution in [3.8, 4) is 0 Å². The lowest BCUT2D eigenvalue weighted by Crippen LogP contribution is -2.32. The highest BCUT2D eigenvalue weighted by Crippen LogP contribution is 2.26. The van der Waals surface area contributed by atoms with E-state index in [1.165, 1.54) is 7.11 Å².